The van der Waals surface area contributed by atoms with Gasteiger partial charge in [0, 0.05) is 36.2 Å². The van der Waals surface area contributed by atoms with Gasteiger partial charge in [0.25, 0.3) is 0 Å². The third-order valence-electron chi connectivity index (χ3n) is 4.77. The van der Waals surface area contributed by atoms with Gasteiger partial charge in [-0.15, -0.1) is 23.7 Å². The van der Waals surface area contributed by atoms with Gasteiger partial charge in [0.15, 0.2) is 0 Å². The average molecular weight is 432 g/mol. The first-order valence-corrected chi connectivity index (χ1v) is 10.9. The predicted octanol–water partition coefficient (Wildman–Crippen LogP) is 4.53. The molecule has 0 saturated carbocycles. The lowest BCUT2D eigenvalue weighted by atomic mass is 10.1. The minimum absolute atomic E-state index is 0. The summed E-state index contributed by atoms with van der Waals surface area (Å²) in [7, 11) is 4.15. The van der Waals surface area contributed by atoms with Gasteiger partial charge in [-0.1, -0.05) is 41.6 Å². The standard InChI is InChI=1S/C23H25NOS2.ClH/c1-15-12-16(2)22-19(13-15)21-20(27-22)7-5-6-17-8-9-18(26-23(17)21)14-25-11-10-24(3)4;/h5-9,12-13H,10-11,14H2,1-4H3;1H. The number of thiophene rings is 1. The molecule has 2 aromatic rings. The summed E-state index contributed by atoms with van der Waals surface area (Å²) in [6.45, 7) is 6.80. The van der Waals surface area contributed by atoms with Crippen molar-refractivity contribution >= 4 is 56.6 Å². The molecule has 2 aliphatic rings. The summed E-state index contributed by atoms with van der Waals surface area (Å²) in [5.74, 6) is 0. The minimum Gasteiger partial charge on any atom is -0.375 e. The third-order valence-corrected chi connectivity index (χ3v) is 7.23. The third kappa shape index (κ3) is 4.32. The Morgan fingerprint density at radius 1 is 1.07 bits per heavy atom. The van der Waals surface area contributed by atoms with E-state index in [2.05, 4.69) is 75.4 Å². The molecule has 1 aliphatic heterocycles. The number of likely N-dealkylation sites (N-methyl/N-ethyl adjacent to an activating group) is 1. The number of hydrogen-bond donors (Lipinski definition) is 0. The number of thioether (sulfide) groups is 1. The molecule has 148 valence electrons. The van der Waals surface area contributed by atoms with E-state index in [0.717, 1.165) is 13.2 Å². The van der Waals surface area contributed by atoms with Crippen LogP contribution in [0.4, 0.5) is 0 Å². The number of hydrogen-bond acceptors (Lipinski definition) is 4. The molecule has 0 spiro atoms. The molecule has 1 aromatic heterocycles. The zero-order valence-corrected chi connectivity index (χ0v) is 19.2. The van der Waals surface area contributed by atoms with E-state index >= 15 is 0 Å². The van der Waals surface area contributed by atoms with Gasteiger partial charge in [-0.2, -0.15) is 0 Å². The van der Waals surface area contributed by atoms with Crippen LogP contribution >= 0.6 is 35.5 Å². The summed E-state index contributed by atoms with van der Waals surface area (Å²) in [6, 6.07) is 4.63. The molecular formula is C23H26ClNOS2. The minimum atomic E-state index is 0. The number of aryl methyl sites for hydroxylation is 2. The maximum Gasteiger partial charge on any atom is 0.0779 e. The molecule has 0 bridgehead atoms. The van der Waals surface area contributed by atoms with Gasteiger partial charge in [-0.25, -0.2) is 0 Å². The Hall–Kier alpha value is -1.30. The fourth-order valence-corrected chi connectivity index (χ4v) is 5.82. The first-order chi connectivity index (χ1) is 13.0. The molecule has 2 nitrogen and oxygen atoms in total. The molecule has 28 heavy (non-hydrogen) atoms. The van der Waals surface area contributed by atoms with Gasteiger partial charge < -0.3 is 9.64 Å². The Morgan fingerprint density at radius 2 is 1.89 bits per heavy atom. The van der Waals surface area contributed by atoms with Crippen LogP contribution in [0.15, 0.2) is 46.9 Å². The number of halogens is 1. The van der Waals surface area contributed by atoms with E-state index in [1.54, 1.807) is 0 Å². The molecule has 0 unspecified atom stereocenters. The lowest BCUT2D eigenvalue weighted by molar-refractivity contribution is 0.140. The van der Waals surface area contributed by atoms with Crippen molar-refractivity contribution in [1.82, 2.24) is 4.90 Å². The maximum atomic E-state index is 5.89. The molecule has 5 heteroatoms. The normalized spacial score (nSPS) is 15.4. The largest absolute Gasteiger partial charge is 0.375 e. The van der Waals surface area contributed by atoms with Gasteiger partial charge in [-0.3, -0.25) is 0 Å². The molecule has 0 amide bonds. The monoisotopic (exact) mass is 431 g/mol. The number of nitrogens with zero attached hydrogens (tertiary/aromatic N) is 1. The molecule has 2 heterocycles. The molecule has 0 atom stereocenters. The van der Waals surface area contributed by atoms with Crippen LogP contribution in [0.1, 0.15) is 11.1 Å². The van der Waals surface area contributed by atoms with E-state index in [4.69, 9.17) is 4.74 Å². The highest BCUT2D eigenvalue weighted by Crippen LogP contribution is 2.37. The van der Waals surface area contributed by atoms with Crippen molar-refractivity contribution in [3.05, 3.63) is 67.8 Å². The molecule has 1 aromatic carbocycles. The van der Waals surface area contributed by atoms with Crippen molar-refractivity contribution < 1.29 is 4.74 Å². The van der Waals surface area contributed by atoms with Crippen LogP contribution in [0.5, 0.6) is 0 Å². The topological polar surface area (TPSA) is 12.5 Å². The van der Waals surface area contributed by atoms with Crippen molar-refractivity contribution in [2.24, 2.45) is 0 Å². The van der Waals surface area contributed by atoms with E-state index in [1.807, 2.05) is 23.1 Å². The highest BCUT2D eigenvalue weighted by Gasteiger charge is 2.17. The zero-order valence-electron chi connectivity index (χ0n) is 16.7. The van der Waals surface area contributed by atoms with Gasteiger partial charge in [0.05, 0.1) is 13.2 Å². The Bertz CT molecular complexity index is 1110. The number of allylic oxidation sites excluding steroid dienone is 4. The smallest absolute Gasteiger partial charge is 0.0779 e. The van der Waals surface area contributed by atoms with Gasteiger partial charge in [0.1, 0.15) is 0 Å². The Morgan fingerprint density at radius 3 is 2.68 bits per heavy atom. The molecule has 0 radical (unpaired) electrons. The summed E-state index contributed by atoms with van der Waals surface area (Å²) >= 11 is 3.77. The SMILES string of the molecule is Cc1cc(C)c2sc3c(c2c1)=C1SC(COCCN(C)C)=CC=C1C=CC=3.Cl. The lowest BCUT2D eigenvalue weighted by Gasteiger charge is -2.16. The van der Waals surface area contributed by atoms with Gasteiger partial charge >= 0.3 is 0 Å². The van der Waals surface area contributed by atoms with Crippen molar-refractivity contribution in [3.63, 3.8) is 0 Å². The van der Waals surface area contributed by atoms with Crippen LogP contribution in [-0.4, -0.2) is 38.8 Å². The van der Waals surface area contributed by atoms with E-state index in [0.29, 0.717) is 6.61 Å². The number of benzene rings is 1. The first kappa shape index (κ1) is 21.4. The van der Waals surface area contributed by atoms with Crippen LogP contribution in [0.25, 0.3) is 21.1 Å². The Labute approximate surface area is 181 Å². The zero-order chi connectivity index (χ0) is 19.0. The highest BCUT2D eigenvalue weighted by atomic mass is 35.5. The van der Waals surface area contributed by atoms with Crippen molar-refractivity contribution in [2.75, 3.05) is 33.9 Å². The average Bonchev–Trinajstić information content (AvgIpc) is 2.88. The van der Waals surface area contributed by atoms with Crippen LogP contribution in [0.3, 0.4) is 0 Å². The fourth-order valence-electron chi connectivity index (χ4n) is 3.47. The number of rotatable bonds is 5. The van der Waals surface area contributed by atoms with Gasteiger partial charge in [0.2, 0.25) is 0 Å². The fraction of sp³-hybridized carbons (Fsp3) is 0.304. The summed E-state index contributed by atoms with van der Waals surface area (Å²) < 4.78 is 8.66. The van der Waals surface area contributed by atoms with Crippen LogP contribution in [0, 0.1) is 13.8 Å². The quantitative estimate of drug-likeness (QED) is 0.645. The predicted molar refractivity (Wildman–Crippen MR) is 128 cm³/mol. The second kappa shape index (κ2) is 9.02. The lowest BCUT2D eigenvalue weighted by Crippen LogP contribution is -2.22. The second-order valence-corrected chi connectivity index (χ2v) is 9.56. The molecule has 1 aliphatic carbocycles. The summed E-state index contributed by atoms with van der Waals surface area (Å²) in [6.07, 6.45) is 11.1. The molecular weight excluding hydrogens is 406 g/mol. The van der Waals surface area contributed by atoms with Crippen LogP contribution in [0.2, 0.25) is 0 Å². The molecule has 0 saturated heterocycles. The molecule has 4 rings (SSSR count). The Kier molecular flexibility index (Phi) is 6.89. The van der Waals surface area contributed by atoms with Crippen LogP contribution < -0.4 is 9.75 Å². The first-order valence-electron chi connectivity index (χ1n) is 9.27. The van der Waals surface area contributed by atoms with E-state index < -0.39 is 0 Å². The van der Waals surface area contributed by atoms with Crippen LogP contribution in [-0.2, 0) is 4.74 Å². The molecule has 0 fully saturated rings. The summed E-state index contributed by atoms with van der Waals surface area (Å²) in [4.78, 5) is 4.78. The van der Waals surface area contributed by atoms with E-state index in [-0.39, 0.29) is 12.4 Å². The highest BCUT2D eigenvalue weighted by molar-refractivity contribution is 8.11. The Balaban J connectivity index is 0.00000225. The van der Waals surface area contributed by atoms with E-state index in [9.17, 15) is 0 Å². The number of ether oxygens (including phenoxy) is 1. The second-order valence-electron chi connectivity index (χ2n) is 7.37. The van der Waals surface area contributed by atoms with Gasteiger partial charge in [-0.05, 0) is 57.3 Å². The summed E-state index contributed by atoms with van der Waals surface area (Å²) in [5.41, 5.74) is 3.99. The van der Waals surface area contributed by atoms with Crippen molar-refractivity contribution in [1.29, 1.82) is 0 Å². The summed E-state index contributed by atoms with van der Waals surface area (Å²) in [5, 5.41) is 2.78. The number of fused-ring (bicyclic) bond motifs is 4. The van der Waals surface area contributed by atoms with Crippen molar-refractivity contribution in [2.45, 2.75) is 13.8 Å². The van der Waals surface area contributed by atoms with E-state index in [1.165, 1.54) is 46.3 Å². The van der Waals surface area contributed by atoms with Crippen molar-refractivity contribution in [3.8, 4) is 0 Å². The molecule has 0 N–H and O–H groups in total. The maximum absolute atomic E-state index is 5.89.